The topological polar surface area (TPSA) is 96.3 Å². The summed E-state index contributed by atoms with van der Waals surface area (Å²) in [6.45, 7) is 0.304. The van der Waals surface area contributed by atoms with E-state index in [1.807, 2.05) is 60.7 Å². The molecule has 4 aromatic rings. The van der Waals surface area contributed by atoms with Gasteiger partial charge in [-0.15, -0.1) is 0 Å². The zero-order chi connectivity index (χ0) is 24.0. The highest BCUT2D eigenvalue weighted by atomic mass is 32.2. The normalized spacial score (nSPS) is 11.6. The van der Waals surface area contributed by atoms with Crippen LogP contribution < -0.4 is 9.50 Å². The molecule has 0 saturated heterocycles. The van der Waals surface area contributed by atoms with Crippen molar-refractivity contribution in [1.82, 2.24) is 5.32 Å². The standard InChI is InChI=1S/C27H20N2O4S/c28-18-24(27(30)29-19-21-6-2-1-3-7-21)16-20-10-13-25(14-11-20)33-34(31,32)26-15-12-22-8-4-5-9-23(22)17-26/h1-17H,19H2,(H,29,30)/b24-16+. The van der Waals surface area contributed by atoms with E-state index in [1.165, 1.54) is 24.3 Å². The van der Waals surface area contributed by atoms with Crippen molar-refractivity contribution in [2.75, 3.05) is 0 Å². The Balaban J connectivity index is 1.45. The molecule has 6 nitrogen and oxygen atoms in total. The van der Waals surface area contributed by atoms with Crippen molar-refractivity contribution in [3.8, 4) is 11.8 Å². The third-order valence-electron chi connectivity index (χ3n) is 5.07. The molecule has 0 aromatic heterocycles. The number of nitriles is 1. The molecule has 0 heterocycles. The van der Waals surface area contributed by atoms with E-state index < -0.39 is 16.0 Å². The van der Waals surface area contributed by atoms with Crippen LogP contribution in [0.2, 0.25) is 0 Å². The highest BCUT2D eigenvalue weighted by Crippen LogP contribution is 2.23. The van der Waals surface area contributed by atoms with E-state index in [4.69, 9.17) is 4.18 Å². The summed E-state index contributed by atoms with van der Waals surface area (Å²) in [6, 6.07) is 29.6. The van der Waals surface area contributed by atoms with Crippen molar-refractivity contribution in [1.29, 1.82) is 5.26 Å². The summed E-state index contributed by atoms with van der Waals surface area (Å²) in [6.07, 6.45) is 1.43. The smallest absolute Gasteiger partial charge is 0.339 e. The molecule has 0 saturated carbocycles. The summed E-state index contributed by atoms with van der Waals surface area (Å²) >= 11 is 0. The van der Waals surface area contributed by atoms with Crippen molar-refractivity contribution in [3.63, 3.8) is 0 Å². The van der Waals surface area contributed by atoms with E-state index in [0.717, 1.165) is 16.3 Å². The second-order valence-electron chi connectivity index (χ2n) is 7.45. The number of hydrogen-bond acceptors (Lipinski definition) is 5. The Morgan fingerprint density at radius 1 is 0.882 bits per heavy atom. The van der Waals surface area contributed by atoms with Crippen LogP contribution in [0.3, 0.4) is 0 Å². The van der Waals surface area contributed by atoms with Gasteiger partial charge in [-0.25, -0.2) is 0 Å². The predicted octanol–water partition coefficient (Wildman–Crippen LogP) is 4.83. The Kier molecular flexibility index (Phi) is 6.72. The summed E-state index contributed by atoms with van der Waals surface area (Å²) in [5.74, 6) is -0.372. The number of fused-ring (bicyclic) bond motifs is 1. The lowest BCUT2D eigenvalue weighted by atomic mass is 10.1. The molecule has 0 atom stereocenters. The van der Waals surface area contributed by atoms with Crippen LogP contribution in [0.1, 0.15) is 11.1 Å². The first kappa shape index (κ1) is 22.8. The van der Waals surface area contributed by atoms with Crippen LogP contribution in [-0.4, -0.2) is 14.3 Å². The van der Waals surface area contributed by atoms with Gasteiger partial charge >= 0.3 is 10.1 Å². The van der Waals surface area contributed by atoms with E-state index >= 15 is 0 Å². The number of benzene rings is 4. The first-order valence-electron chi connectivity index (χ1n) is 10.4. The molecule has 1 N–H and O–H groups in total. The quantitative estimate of drug-likeness (QED) is 0.238. The molecule has 0 bridgehead atoms. The molecule has 0 aliphatic rings. The van der Waals surface area contributed by atoms with E-state index in [1.54, 1.807) is 24.3 Å². The zero-order valence-electron chi connectivity index (χ0n) is 18.0. The minimum atomic E-state index is -4.02. The van der Waals surface area contributed by atoms with Crippen LogP contribution in [0, 0.1) is 11.3 Å². The van der Waals surface area contributed by atoms with Crippen LogP contribution >= 0.6 is 0 Å². The van der Waals surface area contributed by atoms with Crippen molar-refractivity contribution in [3.05, 3.63) is 114 Å². The third kappa shape index (κ3) is 5.49. The Bertz CT molecular complexity index is 1500. The number of amides is 1. The van der Waals surface area contributed by atoms with Gasteiger partial charge in [0.2, 0.25) is 0 Å². The molecular weight excluding hydrogens is 448 g/mol. The number of nitrogens with one attached hydrogen (secondary N) is 1. The van der Waals surface area contributed by atoms with Gasteiger partial charge in [-0.3, -0.25) is 4.79 Å². The van der Waals surface area contributed by atoms with E-state index in [0.29, 0.717) is 12.1 Å². The predicted molar refractivity (Wildman–Crippen MR) is 130 cm³/mol. The van der Waals surface area contributed by atoms with Crippen LogP contribution in [-0.2, 0) is 21.5 Å². The number of carbonyl (C=O) groups excluding carboxylic acids is 1. The van der Waals surface area contributed by atoms with Gasteiger partial charge in [0.15, 0.2) is 0 Å². The van der Waals surface area contributed by atoms with Crippen LogP contribution in [0.15, 0.2) is 108 Å². The molecule has 34 heavy (non-hydrogen) atoms. The minimum absolute atomic E-state index is 0.0528. The minimum Gasteiger partial charge on any atom is -0.379 e. The number of rotatable bonds is 7. The largest absolute Gasteiger partial charge is 0.379 e. The molecular formula is C27H20N2O4S. The van der Waals surface area contributed by atoms with Crippen LogP contribution in [0.5, 0.6) is 5.75 Å². The third-order valence-corrected chi connectivity index (χ3v) is 6.31. The lowest BCUT2D eigenvalue weighted by molar-refractivity contribution is -0.117. The summed E-state index contributed by atoms with van der Waals surface area (Å²) < 4.78 is 30.7. The molecule has 0 spiro atoms. The molecule has 0 aliphatic carbocycles. The van der Waals surface area contributed by atoms with Gasteiger partial charge in [-0.2, -0.15) is 13.7 Å². The summed E-state index contributed by atoms with van der Waals surface area (Å²) in [5, 5.41) is 13.8. The fourth-order valence-corrected chi connectivity index (χ4v) is 4.27. The fourth-order valence-electron chi connectivity index (χ4n) is 3.31. The lowest BCUT2D eigenvalue weighted by Gasteiger charge is -2.08. The Labute approximate surface area is 197 Å². The molecule has 4 rings (SSSR count). The van der Waals surface area contributed by atoms with Crippen LogP contribution in [0.25, 0.3) is 16.8 Å². The molecule has 0 radical (unpaired) electrons. The molecule has 1 amide bonds. The summed E-state index contributed by atoms with van der Waals surface area (Å²) in [5.41, 5.74) is 1.41. The molecule has 7 heteroatoms. The Hall–Kier alpha value is -4.41. The molecule has 0 unspecified atom stereocenters. The van der Waals surface area contributed by atoms with Crippen LogP contribution in [0.4, 0.5) is 0 Å². The van der Waals surface area contributed by atoms with Crippen molar-refractivity contribution < 1.29 is 17.4 Å². The van der Waals surface area contributed by atoms with Gasteiger partial charge in [-0.1, -0.05) is 72.8 Å². The Morgan fingerprint density at radius 2 is 1.56 bits per heavy atom. The maximum Gasteiger partial charge on any atom is 0.339 e. The number of hydrogen-bond donors (Lipinski definition) is 1. The summed E-state index contributed by atoms with van der Waals surface area (Å²) in [4.78, 5) is 12.4. The Morgan fingerprint density at radius 3 is 2.26 bits per heavy atom. The maximum absolute atomic E-state index is 12.7. The molecule has 0 aliphatic heterocycles. The number of nitrogens with zero attached hydrogens (tertiary/aromatic N) is 1. The average molecular weight is 469 g/mol. The van der Waals surface area contributed by atoms with Gasteiger partial charge in [0.05, 0.1) is 0 Å². The van der Waals surface area contributed by atoms with Crippen molar-refractivity contribution in [2.45, 2.75) is 11.4 Å². The fraction of sp³-hybridized carbons (Fsp3) is 0.0370. The monoisotopic (exact) mass is 468 g/mol. The van der Waals surface area contributed by atoms with Gasteiger partial charge in [-0.05, 0) is 52.2 Å². The van der Waals surface area contributed by atoms with Gasteiger partial charge in [0.1, 0.15) is 22.3 Å². The molecule has 0 fully saturated rings. The van der Waals surface area contributed by atoms with Gasteiger partial charge in [0, 0.05) is 6.54 Å². The van der Waals surface area contributed by atoms with Gasteiger partial charge in [0.25, 0.3) is 5.91 Å². The molecule has 168 valence electrons. The lowest BCUT2D eigenvalue weighted by Crippen LogP contribution is -2.23. The van der Waals surface area contributed by atoms with Gasteiger partial charge < -0.3 is 9.50 Å². The maximum atomic E-state index is 12.7. The molecule has 4 aromatic carbocycles. The van der Waals surface area contributed by atoms with E-state index in [2.05, 4.69) is 5.32 Å². The highest BCUT2D eigenvalue weighted by molar-refractivity contribution is 7.87. The first-order chi connectivity index (χ1) is 16.4. The van der Waals surface area contributed by atoms with Crippen molar-refractivity contribution in [2.24, 2.45) is 0 Å². The zero-order valence-corrected chi connectivity index (χ0v) is 18.8. The second kappa shape index (κ2) is 10.0. The summed E-state index contributed by atoms with van der Waals surface area (Å²) in [7, 11) is -4.02. The van der Waals surface area contributed by atoms with E-state index in [9.17, 15) is 18.5 Å². The second-order valence-corrected chi connectivity index (χ2v) is 9.00. The highest BCUT2D eigenvalue weighted by Gasteiger charge is 2.17. The van der Waals surface area contributed by atoms with E-state index in [-0.39, 0.29) is 16.2 Å². The SMILES string of the molecule is N#C/C(=C\c1ccc(OS(=O)(=O)c2ccc3ccccc3c2)cc1)C(=O)NCc1ccccc1. The van der Waals surface area contributed by atoms with Crippen molar-refractivity contribution >= 4 is 32.9 Å². The average Bonchev–Trinajstić information content (AvgIpc) is 2.87. The number of carbonyl (C=O) groups is 1. The first-order valence-corrected chi connectivity index (χ1v) is 11.8.